The van der Waals surface area contributed by atoms with Gasteiger partial charge < -0.3 is 9.73 Å². The molecule has 1 atom stereocenters. The molecule has 0 aliphatic heterocycles. The third kappa shape index (κ3) is 2.79. The van der Waals surface area contributed by atoms with Crippen LogP contribution in [-0.2, 0) is 0 Å². The molecule has 0 aliphatic carbocycles. The van der Waals surface area contributed by atoms with Crippen LogP contribution < -0.4 is 5.32 Å². The number of rotatable bonds is 5. The first-order valence-electron chi connectivity index (χ1n) is 6.06. The summed E-state index contributed by atoms with van der Waals surface area (Å²) >= 11 is 1.83. The second-order valence-electron chi connectivity index (χ2n) is 4.30. The Morgan fingerprint density at radius 1 is 1.29 bits per heavy atom. The second-order valence-corrected chi connectivity index (χ2v) is 5.62. The molecule has 0 saturated heterocycles. The maximum atomic E-state index is 5.63. The highest BCUT2D eigenvalue weighted by molar-refractivity contribution is 7.12. The molecule has 2 aromatic heterocycles. The summed E-state index contributed by atoms with van der Waals surface area (Å²) in [7, 11) is 0. The predicted molar refractivity (Wildman–Crippen MR) is 72.6 cm³/mol. The van der Waals surface area contributed by atoms with E-state index in [0.29, 0.717) is 0 Å². The fourth-order valence-corrected chi connectivity index (χ4v) is 2.85. The van der Waals surface area contributed by atoms with E-state index in [2.05, 4.69) is 38.2 Å². The Kier molecular flexibility index (Phi) is 4.02. The maximum absolute atomic E-state index is 5.63. The highest BCUT2D eigenvalue weighted by Gasteiger charge is 2.19. The lowest BCUT2D eigenvalue weighted by Gasteiger charge is -2.15. The zero-order valence-corrected chi connectivity index (χ0v) is 11.4. The molecular weight excluding hydrogens is 230 g/mol. The lowest BCUT2D eigenvalue weighted by Crippen LogP contribution is -2.22. The third-order valence-corrected chi connectivity index (χ3v) is 3.87. The van der Waals surface area contributed by atoms with E-state index in [0.717, 1.165) is 18.7 Å². The van der Waals surface area contributed by atoms with Crippen molar-refractivity contribution < 1.29 is 4.42 Å². The van der Waals surface area contributed by atoms with E-state index in [4.69, 9.17) is 4.42 Å². The van der Waals surface area contributed by atoms with E-state index in [1.807, 2.05) is 17.4 Å². The molecule has 0 saturated carbocycles. The summed E-state index contributed by atoms with van der Waals surface area (Å²) in [5.74, 6) is 1.04. The Hall–Kier alpha value is -1.06. The van der Waals surface area contributed by atoms with Crippen LogP contribution in [0.1, 0.15) is 40.5 Å². The van der Waals surface area contributed by atoms with Crippen LogP contribution in [0.2, 0.25) is 0 Å². The lowest BCUT2D eigenvalue weighted by molar-refractivity contribution is 0.447. The molecule has 0 bridgehead atoms. The number of hydrogen-bond acceptors (Lipinski definition) is 3. The van der Waals surface area contributed by atoms with Crippen molar-refractivity contribution in [1.29, 1.82) is 0 Å². The number of furan rings is 1. The molecule has 2 rings (SSSR count). The molecule has 2 nitrogen and oxygen atoms in total. The minimum absolute atomic E-state index is 0.198. The standard InChI is InChI=1S/C14H19NOS/c1-4-8-15-13(12-6-5-11(3)17-12)14-10(2)7-9-16-14/h5-7,9,13,15H,4,8H2,1-3H3. The van der Waals surface area contributed by atoms with Crippen molar-refractivity contribution in [3.8, 4) is 0 Å². The van der Waals surface area contributed by atoms with Crippen LogP contribution in [0.15, 0.2) is 28.9 Å². The van der Waals surface area contributed by atoms with Gasteiger partial charge in [-0.15, -0.1) is 11.3 Å². The molecule has 17 heavy (non-hydrogen) atoms. The smallest absolute Gasteiger partial charge is 0.128 e. The van der Waals surface area contributed by atoms with Gasteiger partial charge >= 0.3 is 0 Å². The Bertz CT molecular complexity index is 472. The normalized spacial score (nSPS) is 12.9. The summed E-state index contributed by atoms with van der Waals surface area (Å²) in [6, 6.07) is 6.58. The van der Waals surface area contributed by atoms with Crippen LogP contribution in [0.3, 0.4) is 0 Å². The molecule has 0 amide bonds. The minimum Gasteiger partial charge on any atom is -0.467 e. The Morgan fingerprint density at radius 3 is 2.65 bits per heavy atom. The summed E-state index contributed by atoms with van der Waals surface area (Å²) in [5.41, 5.74) is 1.21. The number of thiophene rings is 1. The molecule has 2 aromatic rings. The molecule has 0 fully saturated rings. The van der Waals surface area contributed by atoms with Gasteiger partial charge in [-0.2, -0.15) is 0 Å². The van der Waals surface area contributed by atoms with Crippen molar-refractivity contribution in [2.45, 2.75) is 33.2 Å². The summed E-state index contributed by atoms with van der Waals surface area (Å²) in [4.78, 5) is 2.67. The fourth-order valence-electron chi connectivity index (χ4n) is 1.90. The quantitative estimate of drug-likeness (QED) is 0.865. The summed E-state index contributed by atoms with van der Waals surface area (Å²) < 4.78 is 5.63. The molecule has 0 aliphatic rings. The van der Waals surface area contributed by atoms with Crippen LogP contribution in [0.25, 0.3) is 0 Å². The average Bonchev–Trinajstić information content (AvgIpc) is 2.90. The molecule has 0 radical (unpaired) electrons. The van der Waals surface area contributed by atoms with Gasteiger partial charge in [0.2, 0.25) is 0 Å². The van der Waals surface area contributed by atoms with E-state index in [1.165, 1.54) is 15.3 Å². The largest absolute Gasteiger partial charge is 0.467 e. The van der Waals surface area contributed by atoms with E-state index in [9.17, 15) is 0 Å². The van der Waals surface area contributed by atoms with E-state index >= 15 is 0 Å². The number of nitrogens with one attached hydrogen (secondary N) is 1. The molecule has 92 valence electrons. The molecule has 0 aromatic carbocycles. The van der Waals surface area contributed by atoms with Crippen LogP contribution in [-0.4, -0.2) is 6.54 Å². The molecule has 1 unspecified atom stereocenters. The fraction of sp³-hybridized carbons (Fsp3) is 0.429. The van der Waals surface area contributed by atoms with Crippen molar-refractivity contribution in [3.05, 3.63) is 45.5 Å². The van der Waals surface area contributed by atoms with Crippen molar-refractivity contribution in [2.75, 3.05) is 6.54 Å². The van der Waals surface area contributed by atoms with E-state index < -0.39 is 0 Å². The number of aryl methyl sites for hydroxylation is 2. The van der Waals surface area contributed by atoms with Gasteiger partial charge in [-0.05, 0) is 50.6 Å². The summed E-state index contributed by atoms with van der Waals surface area (Å²) in [6.07, 6.45) is 2.90. The lowest BCUT2D eigenvalue weighted by atomic mass is 10.1. The van der Waals surface area contributed by atoms with Crippen molar-refractivity contribution >= 4 is 11.3 Å². The Morgan fingerprint density at radius 2 is 2.12 bits per heavy atom. The van der Waals surface area contributed by atoms with Gasteiger partial charge in [-0.1, -0.05) is 6.92 Å². The first-order valence-corrected chi connectivity index (χ1v) is 6.87. The molecule has 3 heteroatoms. The van der Waals surface area contributed by atoms with Crippen molar-refractivity contribution in [3.63, 3.8) is 0 Å². The van der Waals surface area contributed by atoms with Gasteiger partial charge in [0, 0.05) is 9.75 Å². The molecular formula is C14H19NOS. The van der Waals surface area contributed by atoms with Gasteiger partial charge in [0.1, 0.15) is 11.8 Å². The topological polar surface area (TPSA) is 25.2 Å². The third-order valence-electron chi connectivity index (χ3n) is 2.81. The van der Waals surface area contributed by atoms with Gasteiger partial charge in [0.05, 0.1) is 6.26 Å². The molecule has 2 heterocycles. The highest BCUT2D eigenvalue weighted by Crippen LogP contribution is 2.30. The Balaban J connectivity index is 2.28. The molecule has 1 N–H and O–H groups in total. The van der Waals surface area contributed by atoms with Crippen LogP contribution in [0.5, 0.6) is 0 Å². The predicted octanol–water partition coefficient (Wildman–Crippen LogP) is 4.05. The first-order chi connectivity index (χ1) is 8.22. The van der Waals surface area contributed by atoms with Crippen LogP contribution in [0.4, 0.5) is 0 Å². The van der Waals surface area contributed by atoms with E-state index in [1.54, 1.807) is 6.26 Å². The minimum atomic E-state index is 0.198. The first kappa shape index (κ1) is 12.4. The SMILES string of the molecule is CCCNC(c1ccc(C)s1)c1occc1C. The van der Waals surface area contributed by atoms with Gasteiger partial charge in [-0.25, -0.2) is 0 Å². The van der Waals surface area contributed by atoms with Gasteiger partial charge in [-0.3, -0.25) is 0 Å². The zero-order valence-electron chi connectivity index (χ0n) is 10.6. The Labute approximate surface area is 107 Å². The van der Waals surface area contributed by atoms with Crippen molar-refractivity contribution in [1.82, 2.24) is 5.32 Å². The van der Waals surface area contributed by atoms with Gasteiger partial charge in [0.25, 0.3) is 0 Å². The summed E-state index contributed by atoms with van der Waals surface area (Å²) in [5, 5.41) is 3.56. The number of hydrogen-bond donors (Lipinski definition) is 1. The average molecular weight is 249 g/mol. The van der Waals surface area contributed by atoms with Crippen LogP contribution in [0, 0.1) is 13.8 Å². The maximum Gasteiger partial charge on any atom is 0.128 e. The van der Waals surface area contributed by atoms with Crippen molar-refractivity contribution in [2.24, 2.45) is 0 Å². The molecule has 0 spiro atoms. The van der Waals surface area contributed by atoms with E-state index in [-0.39, 0.29) is 6.04 Å². The highest BCUT2D eigenvalue weighted by atomic mass is 32.1. The van der Waals surface area contributed by atoms with Crippen LogP contribution >= 0.6 is 11.3 Å². The monoisotopic (exact) mass is 249 g/mol. The van der Waals surface area contributed by atoms with Gasteiger partial charge in [0.15, 0.2) is 0 Å². The zero-order chi connectivity index (χ0) is 12.3. The summed E-state index contributed by atoms with van der Waals surface area (Å²) in [6.45, 7) is 7.42. The second kappa shape index (κ2) is 5.52.